The third kappa shape index (κ3) is 10.5. The van der Waals surface area contributed by atoms with Gasteiger partial charge in [-0.1, -0.05) is 0 Å². The summed E-state index contributed by atoms with van der Waals surface area (Å²) in [5.74, 6) is 0. The zero-order valence-corrected chi connectivity index (χ0v) is 33.9. The first-order valence-corrected chi connectivity index (χ1v) is 20.4. The molecule has 28 atom stereocenters. The molecule has 0 radical (unpaired) electrons. The summed E-state index contributed by atoms with van der Waals surface area (Å²) in [5, 5.41) is 159. The number of ether oxygens (including phenoxy) is 11. The fraction of sp³-hybridized carbons (Fsp3) is 0.944. The van der Waals surface area contributed by atoms with Crippen LogP contribution in [0.1, 0.15) is 13.8 Å². The Morgan fingerprint density at radius 3 is 1.40 bits per heavy atom. The van der Waals surface area contributed by atoms with Crippen LogP contribution in [0.15, 0.2) is 12.3 Å². The van der Waals surface area contributed by atoms with Gasteiger partial charge >= 0.3 is 0 Å². The normalized spacial score (nSPS) is 53.2. The van der Waals surface area contributed by atoms with Crippen molar-refractivity contribution in [1.29, 1.82) is 0 Å². The van der Waals surface area contributed by atoms with E-state index in [1.807, 2.05) is 0 Å². The molecular formula is C36H61NO26. The van der Waals surface area contributed by atoms with E-state index in [1.54, 1.807) is 0 Å². The zero-order chi connectivity index (χ0) is 46.2. The molecule has 6 rings (SSSR count). The Morgan fingerprint density at radius 2 is 0.841 bits per heavy atom. The van der Waals surface area contributed by atoms with Gasteiger partial charge in [0.15, 0.2) is 31.5 Å². The summed E-state index contributed by atoms with van der Waals surface area (Å²) < 4.78 is 63.8. The predicted molar refractivity (Wildman–Crippen MR) is 195 cm³/mol. The van der Waals surface area contributed by atoms with Gasteiger partial charge < -0.3 is 134 Å². The monoisotopic (exact) mass is 923 g/mol. The zero-order valence-electron chi connectivity index (χ0n) is 33.9. The second kappa shape index (κ2) is 21.6. The Kier molecular flexibility index (Phi) is 17.5. The van der Waals surface area contributed by atoms with E-state index in [0.29, 0.717) is 0 Å². The minimum atomic E-state index is -2.03. The van der Waals surface area contributed by atoms with Crippen LogP contribution in [0.25, 0.3) is 0 Å². The van der Waals surface area contributed by atoms with E-state index in [1.165, 1.54) is 19.9 Å². The van der Waals surface area contributed by atoms with E-state index < -0.39 is 198 Å². The molecule has 6 aliphatic heterocycles. The van der Waals surface area contributed by atoms with Crippen LogP contribution in [0.3, 0.4) is 0 Å². The lowest BCUT2D eigenvalue weighted by atomic mass is 9.94. The van der Waals surface area contributed by atoms with Gasteiger partial charge in [-0.15, -0.1) is 0 Å². The van der Waals surface area contributed by atoms with Crippen molar-refractivity contribution in [2.75, 3.05) is 26.4 Å². The van der Waals surface area contributed by atoms with Crippen LogP contribution < -0.4 is 5.73 Å². The first-order chi connectivity index (χ1) is 29.9. The highest BCUT2D eigenvalue weighted by molar-refractivity contribution is 5.02. The van der Waals surface area contributed by atoms with Crippen LogP contribution in [0.2, 0.25) is 0 Å². The van der Waals surface area contributed by atoms with Crippen LogP contribution in [-0.2, 0) is 52.1 Å². The van der Waals surface area contributed by atoms with Gasteiger partial charge in [-0.3, -0.25) is 0 Å². The van der Waals surface area contributed by atoms with Crippen molar-refractivity contribution < 1.29 is 129 Å². The van der Waals surface area contributed by atoms with Crippen LogP contribution >= 0.6 is 0 Å². The number of rotatable bonds is 14. The number of aliphatic hydroxyl groups is 15. The molecule has 0 spiro atoms. The van der Waals surface area contributed by atoms with Gasteiger partial charge in [0, 0.05) is 0 Å². The molecular weight excluding hydrogens is 862 g/mol. The first-order valence-electron chi connectivity index (χ1n) is 20.4. The number of nitrogens with two attached hydrogens (primary N) is 1. The summed E-state index contributed by atoms with van der Waals surface area (Å²) >= 11 is 0. The highest BCUT2D eigenvalue weighted by Crippen LogP contribution is 2.37. The third-order valence-electron chi connectivity index (χ3n) is 12.0. The minimum Gasteiger partial charge on any atom is -0.493 e. The summed E-state index contributed by atoms with van der Waals surface area (Å²) in [6, 6.07) is -1.74. The van der Waals surface area contributed by atoms with Crippen molar-refractivity contribution in [3.05, 3.63) is 12.3 Å². The lowest BCUT2D eigenvalue weighted by molar-refractivity contribution is -0.397. The minimum absolute atomic E-state index is 0.649. The van der Waals surface area contributed by atoms with E-state index in [2.05, 4.69) is 0 Å². The van der Waals surface area contributed by atoms with Gasteiger partial charge in [0.1, 0.15) is 122 Å². The second-order valence-electron chi connectivity index (χ2n) is 16.3. The number of hydrogen-bond donors (Lipinski definition) is 16. The molecule has 27 heteroatoms. The van der Waals surface area contributed by atoms with Crippen LogP contribution in [0.5, 0.6) is 0 Å². The summed E-state index contributed by atoms with van der Waals surface area (Å²) in [6.07, 6.45) is -43.7. The molecule has 5 saturated heterocycles. The van der Waals surface area contributed by atoms with E-state index in [-0.39, 0.29) is 0 Å². The van der Waals surface area contributed by atoms with Gasteiger partial charge in [-0.05, 0) is 19.9 Å². The molecule has 0 amide bonds. The Bertz CT molecular complexity index is 1460. The Hall–Kier alpha value is -1.50. The molecule has 6 aliphatic rings. The second-order valence-corrected chi connectivity index (χ2v) is 16.3. The van der Waals surface area contributed by atoms with E-state index in [9.17, 15) is 76.6 Å². The maximum atomic E-state index is 11.5. The summed E-state index contributed by atoms with van der Waals surface area (Å²) in [5.41, 5.74) is 6.74. The lowest BCUT2D eigenvalue weighted by Gasteiger charge is -2.51. The molecule has 0 saturated carbocycles. The molecule has 18 unspecified atom stereocenters. The van der Waals surface area contributed by atoms with E-state index >= 15 is 0 Å². The van der Waals surface area contributed by atoms with E-state index in [4.69, 9.17) is 57.8 Å². The van der Waals surface area contributed by atoms with Crippen molar-refractivity contribution in [3.8, 4) is 0 Å². The number of aliphatic hydroxyl groups excluding tert-OH is 15. The standard InChI is InChI=1S/C36H61NO26/c1-9-17(43)21(47)24(50)33(54-9)60-28-15(8-41)58-32(62-30-20(46)13(6-39)56-35(26(30)52)59-27-11(42)3-4-53-14(27)7-40)16(37)29(28)61-36-31(23(49)19(45)12(5-38)57-36)63-34-25(51)22(48)18(44)10(2)55-34/h3-4,9-36,38-52H,5-8,37H2,1-2H3/t9?,10?,11?,12?,13?,14?,15?,16?,17-,18-,19+,20+,21?,22?,23?,24?,25?,26?,27+,28-,29?,30?,31?,32+,33?,34+,35+,36+/m1/s1. The molecule has 0 aliphatic carbocycles. The SMILES string of the molecule is CC1OC(O[C@@H]2C(CO)O[C@@H](OC3C(O)[C@H](O[C@H]4C(O)C=COC4CO)OC(CO)[C@@H]3O)C(N)C2O[C@@H]2OC(CO)[C@H](O)C(O)C2O[C@@H]2OC(C)[C@@H](O)C(O)C2O)C(O)C(O)[C@@H]1O. The lowest BCUT2D eigenvalue weighted by Crippen LogP contribution is -2.70. The fourth-order valence-electron chi connectivity index (χ4n) is 8.14. The maximum Gasteiger partial charge on any atom is 0.187 e. The van der Waals surface area contributed by atoms with Gasteiger partial charge in [-0.25, -0.2) is 0 Å². The molecule has 5 fully saturated rings. The van der Waals surface area contributed by atoms with Crippen LogP contribution in [0, 0.1) is 0 Å². The molecule has 0 aromatic carbocycles. The molecule has 63 heavy (non-hydrogen) atoms. The molecule has 0 aromatic rings. The maximum absolute atomic E-state index is 11.5. The summed E-state index contributed by atoms with van der Waals surface area (Å²) in [7, 11) is 0. The van der Waals surface area contributed by atoms with Crippen molar-refractivity contribution in [2.24, 2.45) is 5.73 Å². The molecule has 366 valence electrons. The molecule has 0 aromatic heterocycles. The average Bonchev–Trinajstić information content (AvgIpc) is 3.27. The quantitative estimate of drug-likeness (QED) is 0.0769. The van der Waals surface area contributed by atoms with Gasteiger partial charge in [0.2, 0.25) is 0 Å². The van der Waals surface area contributed by atoms with Crippen molar-refractivity contribution in [3.63, 3.8) is 0 Å². The summed E-state index contributed by atoms with van der Waals surface area (Å²) in [4.78, 5) is 0. The summed E-state index contributed by atoms with van der Waals surface area (Å²) in [6.45, 7) is -0.740. The molecule has 27 nitrogen and oxygen atoms in total. The Labute approximate surface area is 358 Å². The Morgan fingerprint density at radius 1 is 0.397 bits per heavy atom. The predicted octanol–water partition coefficient (Wildman–Crippen LogP) is -10.2. The van der Waals surface area contributed by atoms with Crippen LogP contribution in [0.4, 0.5) is 0 Å². The third-order valence-corrected chi connectivity index (χ3v) is 12.0. The van der Waals surface area contributed by atoms with Gasteiger partial charge in [-0.2, -0.15) is 0 Å². The number of hydrogen-bond acceptors (Lipinski definition) is 27. The smallest absolute Gasteiger partial charge is 0.187 e. The topological polar surface area (TPSA) is 431 Å². The van der Waals surface area contributed by atoms with Gasteiger partial charge in [0.25, 0.3) is 0 Å². The largest absolute Gasteiger partial charge is 0.493 e. The fourth-order valence-corrected chi connectivity index (χ4v) is 8.14. The van der Waals surface area contributed by atoms with Gasteiger partial charge in [0.05, 0.1) is 50.9 Å². The molecule has 17 N–H and O–H groups in total. The van der Waals surface area contributed by atoms with Crippen molar-refractivity contribution >= 4 is 0 Å². The Balaban J connectivity index is 1.32. The van der Waals surface area contributed by atoms with Crippen molar-refractivity contribution in [2.45, 2.75) is 186 Å². The first kappa shape index (κ1) is 50.9. The van der Waals surface area contributed by atoms with E-state index in [0.717, 1.165) is 6.26 Å². The highest BCUT2D eigenvalue weighted by Gasteiger charge is 2.57. The average molecular weight is 924 g/mol. The van der Waals surface area contributed by atoms with Crippen molar-refractivity contribution in [1.82, 2.24) is 0 Å². The molecule has 0 bridgehead atoms. The molecule has 6 heterocycles. The highest BCUT2D eigenvalue weighted by atomic mass is 16.8. The van der Waals surface area contributed by atoms with Crippen LogP contribution in [-0.4, -0.2) is 275 Å².